The summed E-state index contributed by atoms with van der Waals surface area (Å²) in [6, 6.07) is 10.5. The molecule has 2 N–H and O–H groups in total. The fourth-order valence-electron chi connectivity index (χ4n) is 1.76. The fraction of sp³-hybridized carbons (Fsp3) is 0.133. The highest BCUT2D eigenvalue weighted by molar-refractivity contribution is 9.10. The lowest BCUT2D eigenvalue weighted by Crippen LogP contribution is -2.13. The summed E-state index contributed by atoms with van der Waals surface area (Å²) in [6.07, 6.45) is 1.57. The topological polar surface area (TPSA) is 77.8 Å². The van der Waals surface area contributed by atoms with E-state index in [1.807, 2.05) is 6.92 Å². The van der Waals surface area contributed by atoms with Crippen LogP contribution in [0.4, 0.5) is 11.5 Å². The Morgan fingerprint density at radius 3 is 2.90 bits per heavy atom. The Bertz CT molecular complexity index is 709. The van der Waals surface area contributed by atoms with Crippen molar-refractivity contribution in [2.45, 2.75) is 6.92 Å². The maximum atomic E-state index is 12.2. The second kappa shape index (κ2) is 6.86. The van der Waals surface area contributed by atoms with Crippen molar-refractivity contribution in [1.29, 1.82) is 5.26 Å². The van der Waals surface area contributed by atoms with Crippen LogP contribution in [0.15, 0.2) is 41.0 Å². The van der Waals surface area contributed by atoms with Crippen molar-refractivity contribution in [2.75, 3.05) is 17.2 Å². The Hall–Kier alpha value is -2.39. The number of hydrogen-bond donors (Lipinski definition) is 2. The van der Waals surface area contributed by atoms with Gasteiger partial charge in [-0.1, -0.05) is 15.9 Å². The molecular formula is C15H13BrN4O. The highest BCUT2D eigenvalue weighted by Crippen LogP contribution is 2.21. The predicted molar refractivity (Wildman–Crippen MR) is 85.2 cm³/mol. The number of nitrogens with zero attached hydrogens (tertiary/aromatic N) is 2. The molecule has 0 spiro atoms. The molecule has 2 aromatic rings. The summed E-state index contributed by atoms with van der Waals surface area (Å²) < 4.78 is 0.787. The Balaban J connectivity index is 2.22. The predicted octanol–water partition coefficient (Wildman–Crippen LogP) is 3.40. The quantitative estimate of drug-likeness (QED) is 0.890. The average Bonchev–Trinajstić information content (AvgIpc) is 2.49. The molecule has 0 radical (unpaired) electrons. The molecule has 1 aromatic heterocycles. The van der Waals surface area contributed by atoms with Crippen LogP contribution >= 0.6 is 15.9 Å². The number of carbonyl (C=O) groups excluding carboxylic acids is 1. The molecule has 1 heterocycles. The second-order valence-electron chi connectivity index (χ2n) is 4.22. The monoisotopic (exact) mass is 344 g/mol. The molecule has 0 saturated carbocycles. The SMILES string of the molecule is CCNc1cc(C(=O)Nc2ccc(Br)cc2C#N)ccn1. The third kappa shape index (κ3) is 3.80. The molecule has 1 aromatic carbocycles. The van der Waals surface area contributed by atoms with E-state index >= 15 is 0 Å². The number of rotatable bonds is 4. The molecule has 0 aliphatic heterocycles. The number of nitriles is 1. The van der Waals surface area contributed by atoms with Gasteiger partial charge in [0.05, 0.1) is 11.3 Å². The zero-order chi connectivity index (χ0) is 15.2. The van der Waals surface area contributed by atoms with E-state index in [0.717, 1.165) is 11.0 Å². The van der Waals surface area contributed by atoms with E-state index in [9.17, 15) is 4.79 Å². The molecule has 0 unspecified atom stereocenters. The summed E-state index contributed by atoms with van der Waals surface area (Å²) in [5.41, 5.74) is 1.36. The Morgan fingerprint density at radius 1 is 1.38 bits per heavy atom. The van der Waals surface area contributed by atoms with Crippen molar-refractivity contribution in [2.24, 2.45) is 0 Å². The van der Waals surface area contributed by atoms with Crippen molar-refractivity contribution >= 4 is 33.3 Å². The van der Waals surface area contributed by atoms with Crippen LogP contribution in [-0.4, -0.2) is 17.4 Å². The van der Waals surface area contributed by atoms with E-state index in [4.69, 9.17) is 5.26 Å². The minimum Gasteiger partial charge on any atom is -0.370 e. The molecule has 0 aliphatic carbocycles. The first kappa shape index (κ1) is 15.0. The average molecular weight is 345 g/mol. The molecule has 1 amide bonds. The molecule has 21 heavy (non-hydrogen) atoms. The van der Waals surface area contributed by atoms with Crippen LogP contribution in [0.5, 0.6) is 0 Å². The summed E-state index contributed by atoms with van der Waals surface area (Å²) in [5.74, 6) is 0.358. The zero-order valence-electron chi connectivity index (χ0n) is 11.4. The number of aromatic nitrogens is 1. The highest BCUT2D eigenvalue weighted by Gasteiger charge is 2.10. The van der Waals surface area contributed by atoms with Crippen molar-refractivity contribution in [3.63, 3.8) is 0 Å². The van der Waals surface area contributed by atoms with Crippen molar-refractivity contribution in [3.8, 4) is 6.07 Å². The van der Waals surface area contributed by atoms with Crippen LogP contribution in [-0.2, 0) is 0 Å². The van der Waals surface area contributed by atoms with Crippen LogP contribution in [0.25, 0.3) is 0 Å². The molecule has 0 fully saturated rings. The highest BCUT2D eigenvalue weighted by atomic mass is 79.9. The van der Waals surface area contributed by atoms with Gasteiger partial charge in [-0.25, -0.2) is 4.98 Å². The lowest BCUT2D eigenvalue weighted by atomic mass is 10.1. The van der Waals surface area contributed by atoms with Crippen LogP contribution in [0.3, 0.4) is 0 Å². The third-order valence-corrected chi connectivity index (χ3v) is 3.22. The van der Waals surface area contributed by atoms with Crippen molar-refractivity contribution < 1.29 is 4.79 Å². The molecule has 0 atom stereocenters. The van der Waals surface area contributed by atoms with E-state index in [0.29, 0.717) is 22.6 Å². The molecule has 2 rings (SSSR count). The molecule has 6 heteroatoms. The summed E-state index contributed by atoms with van der Waals surface area (Å²) in [7, 11) is 0. The molecular weight excluding hydrogens is 332 g/mol. The first-order valence-electron chi connectivity index (χ1n) is 6.35. The van der Waals surface area contributed by atoms with E-state index in [-0.39, 0.29) is 5.91 Å². The van der Waals surface area contributed by atoms with E-state index in [2.05, 4.69) is 37.6 Å². The van der Waals surface area contributed by atoms with Gasteiger partial charge in [-0.3, -0.25) is 4.79 Å². The number of pyridine rings is 1. The van der Waals surface area contributed by atoms with Gasteiger partial charge in [0, 0.05) is 22.8 Å². The first-order valence-corrected chi connectivity index (χ1v) is 7.14. The number of hydrogen-bond acceptors (Lipinski definition) is 4. The maximum Gasteiger partial charge on any atom is 0.255 e. The smallest absolute Gasteiger partial charge is 0.255 e. The summed E-state index contributed by atoms with van der Waals surface area (Å²) in [4.78, 5) is 16.4. The van der Waals surface area contributed by atoms with E-state index < -0.39 is 0 Å². The van der Waals surface area contributed by atoms with Gasteiger partial charge in [-0.2, -0.15) is 5.26 Å². The van der Waals surface area contributed by atoms with Crippen LogP contribution in [0, 0.1) is 11.3 Å². The molecule has 5 nitrogen and oxygen atoms in total. The second-order valence-corrected chi connectivity index (χ2v) is 5.13. The number of amides is 1. The lowest BCUT2D eigenvalue weighted by molar-refractivity contribution is 0.102. The number of carbonyl (C=O) groups is 1. The molecule has 0 saturated heterocycles. The first-order chi connectivity index (χ1) is 10.1. The number of anilines is 2. The fourth-order valence-corrected chi connectivity index (χ4v) is 2.12. The van der Waals surface area contributed by atoms with Gasteiger partial charge in [0.15, 0.2) is 0 Å². The zero-order valence-corrected chi connectivity index (χ0v) is 12.9. The lowest BCUT2D eigenvalue weighted by Gasteiger charge is -2.08. The van der Waals surface area contributed by atoms with Gasteiger partial charge in [-0.15, -0.1) is 0 Å². The van der Waals surface area contributed by atoms with Crippen molar-refractivity contribution in [3.05, 3.63) is 52.1 Å². The Labute approximate surface area is 131 Å². The van der Waals surface area contributed by atoms with E-state index in [1.54, 1.807) is 36.5 Å². The van der Waals surface area contributed by atoms with Gasteiger partial charge < -0.3 is 10.6 Å². The maximum absolute atomic E-state index is 12.2. The van der Waals surface area contributed by atoms with Gasteiger partial charge in [-0.05, 0) is 37.3 Å². The Morgan fingerprint density at radius 2 is 2.19 bits per heavy atom. The van der Waals surface area contributed by atoms with Gasteiger partial charge >= 0.3 is 0 Å². The minimum absolute atomic E-state index is 0.282. The Kier molecular flexibility index (Phi) is 4.90. The van der Waals surface area contributed by atoms with Crippen LogP contribution in [0.1, 0.15) is 22.8 Å². The van der Waals surface area contributed by atoms with Crippen LogP contribution in [0.2, 0.25) is 0 Å². The molecule has 106 valence electrons. The largest absolute Gasteiger partial charge is 0.370 e. The van der Waals surface area contributed by atoms with Crippen molar-refractivity contribution in [1.82, 2.24) is 4.98 Å². The van der Waals surface area contributed by atoms with E-state index in [1.165, 1.54) is 0 Å². The third-order valence-electron chi connectivity index (χ3n) is 2.73. The van der Waals surface area contributed by atoms with Crippen LogP contribution < -0.4 is 10.6 Å². The standard InChI is InChI=1S/C15H13BrN4O/c1-2-18-14-8-10(5-6-19-14)15(21)20-13-4-3-12(16)7-11(13)9-17/h3-8H,2H2,1H3,(H,18,19)(H,20,21). The molecule has 0 aliphatic rings. The number of nitrogens with one attached hydrogen (secondary N) is 2. The van der Waals surface area contributed by atoms with Gasteiger partial charge in [0.25, 0.3) is 5.91 Å². The normalized spacial score (nSPS) is 9.76. The summed E-state index contributed by atoms with van der Waals surface area (Å²) in [6.45, 7) is 2.68. The number of benzene rings is 1. The minimum atomic E-state index is -0.282. The summed E-state index contributed by atoms with van der Waals surface area (Å²) >= 11 is 3.29. The van der Waals surface area contributed by atoms with Gasteiger partial charge in [0.1, 0.15) is 11.9 Å². The molecule has 0 bridgehead atoms. The summed E-state index contributed by atoms with van der Waals surface area (Å²) in [5, 5.41) is 14.9. The number of halogens is 1. The van der Waals surface area contributed by atoms with Gasteiger partial charge in [0.2, 0.25) is 0 Å².